The molecule has 4 heterocycles. The Bertz CT molecular complexity index is 1130. The summed E-state index contributed by atoms with van der Waals surface area (Å²) in [6.07, 6.45) is 6.98. The number of alkyl halides is 1. The van der Waals surface area contributed by atoms with Gasteiger partial charge in [0, 0.05) is 55.3 Å². The summed E-state index contributed by atoms with van der Waals surface area (Å²) in [7, 11) is 0. The maximum atomic E-state index is 14.9. The molecule has 2 aliphatic rings. The van der Waals surface area contributed by atoms with Crippen LogP contribution in [-0.4, -0.2) is 64.7 Å². The summed E-state index contributed by atoms with van der Waals surface area (Å²) in [5.41, 5.74) is 4.80. The number of anilines is 1. The summed E-state index contributed by atoms with van der Waals surface area (Å²) < 4.78 is 35.7. The van der Waals surface area contributed by atoms with Crippen molar-refractivity contribution in [1.29, 1.82) is 0 Å². The highest BCUT2D eigenvalue weighted by Crippen LogP contribution is 2.26. The van der Waals surface area contributed by atoms with Gasteiger partial charge in [0.25, 0.3) is 0 Å². The summed E-state index contributed by atoms with van der Waals surface area (Å²) in [5, 5.41) is 7.81. The highest BCUT2D eigenvalue weighted by molar-refractivity contribution is 5.66. The highest BCUT2D eigenvalue weighted by Gasteiger charge is 2.31. The van der Waals surface area contributed by atoms with Gasteiger partial charge in [0.1, 0.15) is 12.0 Å². The second-order valence-electron chi connectivity index (χ2n) is 9.24. The van der Waals surface area contributed by atoms with Gasteiger partial charge in [0.15, 0.2) is 0 Å². The number of halogens is 2. The Kier molecular flexibility index (Phi) is 6.12. The number of ether oxygens (including phenoxy) is 1. The van der Waals surface area contributed by atoms with Crippen LogP contribution >= 0.6 is 0 Å². The number of nitrogens with one attached hydrogen (secondary N) is 1. The van der Waals surface area contributed by atoms with Crippen molar-refractivity contribution in [1.82, 2.24) is 19.7 Å². The summed E-state index contributed by atoms with van der Waals surface area (Å²) in [6.45, 7) is 7.45. The van der Waals surface area contributed by atoms with E-state index < -0.39 is 6.17 Å². The summed E-state index contributed by atoms with van der Waals surface area (Å²) in [6, 6.07) is 5.06. The third-order valence-corrected chi connectivity index (χ3v) is 6.58. The lowest BCUT2D eigenvalue weighted by Crippen LogP contribution is -2.50. The van der Waals surface area contributed by atoms with Gasteiger partial charge in [-0.15, -0.1) is 0 Å². The molecule has 0 saturated carbocycles. The van der Waals surface area contributed by atoms with Crippen LogP contribution in [0.25, 0.3) is 16.8 Å². The van der Waals surface area contributed by atoms with Crippen molar-refractivity contribution < 1.29 is 13.5 Å². The third kappa shape index (κ3) is 4.77. The van der Waals surface area contributed by atoms with E-state index in [-0.39, 0.29) is 11.9 Å². The maximum absolute atomic E-state index is 14.9. The van der Waals surface area contributed by atoms with E-state index in [9.17, 15) is 8.78 Å². The normalized spacial score (nSPS) is 21.7. The van der Waals surface area contributed by atoms with Crippen LogP contribution in [0.3, 0.4) is 0 Å². The molecule has 1 aromatic carbocycles. The first kappa shape index (κ1) is 22.0. The molecule has 8 heteroatoms. The highest BCUT2D eigenvalue weighted by atomic mass is 19.1. The smallest absolute Gasteiger partial charge is 0.133 e. The van der Waals surface area contributed by atoms with E-state index in [0.29, 0.717) is 18.0 Å². The van der Waals surface area contributed by atoms with Gasteiger partial charge in [0.2, 0.25) is 0 Å². The molecule has 2 atom stereocenters. The molecule has 174 valence electrons. The first-order chi connectivity index (χ1) is 16.0. The fourth-order valence-electron chi connectivity index (χ4n) is 4.56. The molecule has 2 aromatic heterocycles. The van der Waals surface area contributed by atoms with E-state index in [0.717, 1.165) is 60.8 Å². The zero-order valence-electron chi connectivity index (χ0n) is 19.0. The lowest BCUT2D eigenvalue weighted by Gasteiger charge is -2.38. The molecule has 5 rings (SSSR count). The molecule has 0 bridgehead atoms. The zero-order chi connectivity index (χ0) is 22.9. The Morgan fingerprint density at radius 1 is 1.09 bits per heavy atom. The summed E-state index contributed by atoms with van der Waals surface area (Å²) in [5.74, 6) is 0.326. The molecule has 2 unspecified atom stereocenters. The molecule has 2 saturated heterocycles. The first-order valence-electron chi connectivity index (χ1n) is 11.4. The molecule has 0 amide bonds. The van der Waals surface area contributed by atoms with E-state index in [1.807, 2.05) is 19.2 Å². The topological polar surface area (TPSA) is 55.2 Å². The quantitative estimate of drug-likeness (QED) is 0.608. The fraction of sp³-hybridized carbons (Fsp3) is 0.440. The van der Waals surface area contributed by atoms with Crippen molar-refractivity contribution in [2.75, 3.05) is 38.2 Å². The number of aromatic nitrogens is 3. The molecular weight excluding hydrogens is 424 g/mol. The van der Waals surface area contributed by atoms with Crippen molar-refractivity contribution in [3.05, 3.63) is 59.9 Å². The van der Waals surface area contributed by atoms with Gasteiger partial charge in [-0.1, -0.05) is 0 Å². The molecular formula is C25H29F2N5O. The van der Waals surface area contributed by atoms with Crippen molar-refractivity contribution in [3.8, 4) is 16.8 Å². The Morgan fingerprint density at radius 2 is 1.94 bits per heavy atom. The van der Waals surface area contributed by atoms with E-state index in [4.69, 9.17) is 4.74 Å². The van der Waals surface area contributed by atoms with Crippen LogP contribution in [0.1, 0.15) is 17.5 Å². The van der Waals surface area contributed by atoms with Gasteiger partial charge in [-0.25, -0.2) is 13.5 Å². The molecule has 2 aliphatic heterocycles. The number of aryl methyl sites for hydroxylation is 2. The van der Waals surface area contributed by atoms with Gasteiger partial charge < -0.3 is 10.1 Å². The monoisotopic (exact) mass is 453 g/mol. The van der Waals surface area contributed by atoms with E-state index in [2.05, 4.69) is 20.3 Å². The average molecular weight is 454 g/mol. The molecule has 0 spiro atoms. The molecule has 3 aromatic rings. The number of benzene rings is 1. The third-order valence-electron chi connectivity index (χ3n) is 6.58. The average Bonchev–Trinajstić information content (AvgIpc) is 3.25. The van der Waals surface area contributed by atoms with E-state index >= 15 is 0 Å². The molecule has 0 aliphatic carbocycles. The van der Waals surface area contributed by atoms with Crippen LogP contribution in [0.5, 0.6) is 0 Å². The van der Waals surface area contributed by atoms with Gasteiger partial charge in [0.05, 0.1) is 36.8 Å². The molecule has 6 nitrogen and oxygen atoms in total. The Labute approximate surface area is 192 Å². The summed E-state index contributed by atoms with van der Waals surface area (Å²) in [4.78, 5) is 6.56. The zero-order valence-corrected chi connectivity index (χ0v) is 19.0. The van der Waals surface area contributed by atoms with Crippen LogP contribution in [0.15, 0.2) is 43.0 Å². The number of hydrogen-bond donors (Lipinski definition) is 1. The summed E-state index contributed by atoms with van der Waals surface area (Å²) >= 11 is 0. The van der Waals surface area contributed by atoms with Crippen molar-refractivity contribution in [2.24, 2.45) is 5.92 Å². The number of rotatable bonds is 6. The van der Waals surface area contributed by atoms with Crippen LogP contribution in [-0.2, 0) is 4.74 Å². The maximum Gasteiger partial charge on any atom is 0.133 e. The van der Waals surface area contributed by atoms with Crippen LogP contribution < -0.4 is 5.32 Å². The second kappa shape index (κ2) is 9.19. The van der Waals surface area contributed by atoms with Crippen molar-refractivity contribution >= 4 is 5.69 Å². The largest absolute Gasteiger partial charge is 0.381 e. The van der Waals surface area contributed by atoms with Gasteiger partial charge >= 0.3 is 0 Å². The number of pyridine rings is 1. The standard InChI is InChI=1S/C25H29F2N5O/c1-16-6-25(17(2)5-22(16)26)32-12-20(9-29-32)19-7-21(10-28-8-19)30-24-3-4-31(13-23(24)27)11-18-14-33-15-18/h5-10,12,18,23-24,30H,3-4,11,13-15H2,1-2H3. The van der Waals surface area contributed by atoms with Gasteiger partial charge in [-0.3, -0.25) is 9.88 Å². The second-order valence-corrected chi connectivity index (χ2v) is 9.24. The van der Waals surface area contributed by atoms with Crippen LogP contribution in [0.2, 0.25) is 0 Å². The van der Waals surface area contributed by atoms with Crippen LogP contribution in [0.4, 0.5) is 14.5 Å². The van der Waals surface area contributed by atoms with Crippen molar-refractivity contribution in [3.63, 3.8) is 0 Å². The molecule has 33 heavy (non-hydrogen) atoms. The minimum Gasteiger partial charge on any atom is -0.381 e. The van der Waals surface area contributed by atoms with Crippen LogP contribution in [0, 0.1) is 25.6 Å². The minimum absolute atomic E-state index is 0.222. The van der Waals surface area contributed by atoms with E-state index in [1.54, 1.807) is 36.3 Å². The predicted molar refractivity (Wildman–Crippen MR) is 124 cm³/mol. The Hall–Kier alpha value is -2.84. The van der Waals surface area contributed by atoms with Gasteiger partial charge in [-0.2, -0.15) is 5.10 Å². The predicted octanol–water partition coefficient (Wildman–Crippen LogP) is 4.16. The number of piperidine rings is 1. The molecule has 1 N–H and O–H groups in total. The van der Waals surface area contributed by atoms with E-state index in [1.165, 1.54) is 6.07 Å². The Morgan fingerprint density at radius 3 is 2.70 bits per heavy atom. The SMILES string of the molecule is Cc1cc(-n2cc(-c3cncc(NC4CCN(CC5COC5)CC4F)c3)cn2)c(C)cc1F. The molecule has 2 fully saturated rings. The first-order valence-corrected chi connectivity index (χ1v) is 11.4. The number of likely N-dealkylation sites (tertiary alicyclic amines) is 1. The lowest BCUT2D eigenvalue weighted by atomic mass is 10.00. The lowest BCUT2D eigenvalue weighted by molar-refractivity contribution is -0.0521. The fourth-order valence-corrected chi connectivity index (χ4v) is 4.56. The van der Waals surface area contributed by atoms with Gasteiger partial charge in [-0.05, 0) is 49.6 Å². The Balaban J connectivity index is 1.27. The van der Waals surface area contributed by atoms with Crippen molar-refractivity contribution in [2.45, 2.75) is 32.5 Å². The minimum atomic E-state index is -0.934. The number of nitrogens with zero attached hydrogens (tertiary/aromatic N) is 4. The number of hydrogen-bond acceptors (Lipinski definition) is 5. The molecule has 0 radical (unpaired) electrons.